The summed E-state index contributed by atoms with van der Waals surface area (Å²) in [7, 11) is 0. The topological polar surface area (TPSA) is 52.6 Å². The van der Waals surface area contributed by atoms with Crippen LogP contribution in [0.15, 0.2) is 0 Å². The average Bonchev–Trinajstić information content (AvgIpc) is 2.80. The lowest BCUT2D eigenvalue weighted by atomic mass is 9.92. The zero-order valence-corrected chi connectivity index (χ0v) is 26.8. The van der Waals surface area contributed by atoms with E-state index in [-0.39, 0.29) is 11.9 Å². The van der Waals surface area contributed by atoms with E-state index in [4.69, 9.17) is 9.47 Å². The summed E-state index contributed by atoms with van der Waals surface area (Å²) < 4.78 is 10.8. The molecule has 0 radical (unpaired) electrons. The summed E-state index contributed by atoms with van der Waals surface area (Å²) in [4.78, 5) is 24.2. The van der Waals surface area contributed by atoms with E-state index in [1.807, 2.05) is 0 Å². The van der Waals surface area contributed by atoms with Crippen LogP contribution >= 0.6 is 0 Å². The second-order valence-electron chi connectivity index (χ2n) is 13.5. The maximum atomic E-state index is 12.1. The van der Waals surface area contributed by atoms with Gasteiger partial charge in [0, 0.05) is 12.8 Å². The van der Waals surface area contributed by atoms with Gasteiger partial charge in [0.2, 0.25) is 0 Å². The van der Waals surface area contributed by atoms with Gasteiger partial charge in [0.1, 0.15) is 0 Å². The smallest absolute Gasteiger partial charge is 0.306 e. The van der Waals surface area contributed by atoms with Crippen LogP contribution in [0.2, 0.25) is 0 Å². The summed E-state index contributed by atoms with van der Waals surface area (Å²) in [6, 6.07) is 0. The number of hydrogen-bond donors (Lipinski definition) is 0. The number of hydrogen-bond acceptors (Lipinski definition) is 4. The second kappa shape index (κ2) is 23.8. The van der Waals surface area contributed by atoms with Gasteiger partial charge in [-0.15, -0.1) is 0 Å². The molecular weight excluding hydrogens is 472 g/mol. The third-order valence-corrected chi connectivity index (χ3v) is 7.84. The lowest BCUT2D eigenvalue weighted by Gasteiger charge is -2.15. The molecule has 0 rings (SSSR count). The molecule has 0 amide bonds. The zero-order valence-electron chi connectivity index (χ0n) is 26.8. The highest BCUT2D eigenvalue weighted by molar-refractivity contribution is 5.70. The van der Waals surface area contributed by atoms with Crippen molar-refractivity contribution in [3.8, 4) is 0 Å². The lowest BCUT2D eigenvalue weighted by Crippen LogP contribution is -2.13. The van der Waals surface area contributed by atoms with Gasteiger partial charge in [-0.2, -0.15) is 0 Å². The van der Waals surface area contributed by atoms with Crippen molar-refractivity contribution in [3.63, 3.8) is 0 Å². The molecule has 0 bridgehead atoms. The quantitative estimate of drug-likeness (QED) is 0.0857. The van der Waals surface area contributed by atoms with Gasteiger partial charge in [-0.05, 0) is 48.3 Å². The normalized spacial score (nSPS) is 14.9. The number of unbranched alkanes of at least 4 members (excludes halogenated alkanes) is 1. The zero-order chi connectivity index (χ0) is 28.8. The van der Waals surface area contributed by atoms with Gasteiger partial charge in [0.15, 0.2) is 0 Å². The Balaban J connectivity index is 3.68. The fourth-order valence-electron chi connectivity index (χ4n) is 5.13. The number of carbonyl (C=O) groups is 2. The highest BCUT2D eigenvalue weighted by Gasteiger charge is 2.13. The Labute approximate surface area is 237 Å². The second-order valence-corrected chi connectivity index (χ2v) is 13.5. The molecule has 0 saturated carbocycles. The van der Waals surface area contributed by atoms with Gasteiger partial charge in [-0.1, -0.05) is 132 Å². The Morgan fingerprint density at radius 2 is 0.711 bits per heavy atom. The standard InChI is InChI=1S/C34H66O4/c1-27(2)15-11-17-29(5)19-13-21-31(7)25-33(35)37-23-9-10-24-38-34(36)26-32(8)22-14-20-30(6)18-12-16-28(3)4/h27-32H,9-26H2,1-8H3. The Bertz CT molecular complexity index is 521. The molecule has 4 heteroatoms. The molecule has 0 fully saturated rings. The van der Waals surface area contributed by atoms with Gasteiger partial charge in [-0.25, -0.2) is 0 Å². The number of rotatable bonds is 25. The molecule has 38 heavy (non-hydrogen) atoms. The van der Waals surface area contributed by atoms with E-state index in [9.17, 15) is 9.59 Å². The van der Waals surface area contributed by atoms with E-state index < -0.39 is 0 Å². The Morgan fingerprint density at radius 1 is 0.421 bits per heavy atom. The van der Waals surface area contributed by atoms with E-state index in [1.165, 1.54) is 64.2 Å². The van der Waals surface area contributed by atoms with Crippen molar-refractivity contribution in [3.05, 3.63) is 0 Å². The van der Waals surface area contributed by atoms with Crippen molar-refractivity contribution >= 4 is 11.9 Å². The number of esters is 2. The molecule has 0 N–H and O–H groups in total. The lowest BCUT2D eigenvalue weighted by molar-refractivity contribution is -0.147. The summed E-state index contributed by atoms with van der Waals surface area (Å²) >= 11 is 0. The van der Waals surface area contributed by atoms with Gasteiger partial charge < -0.3 is 9.47 Å². The molecule has 4 unspecified atom stereocenters. The monoisotopic (exact) mass is 538 g/mol. The first-order valence-electron chi connectivity index (χ1n) is 16.3. The highest BCUT2D eigenvalue weighted by atomic mass is 16.5. The molecule has 0 spiro atoms. The molecule has 0 heterocycles. The number of ether oxygens (including phenoxy) is 2. The van der Waals surface area contributed by atoms with Gasteiger partial charge >= 0.3 is 11.9 Å². The predicted molar refractivity (Wildman–Crippen MR) is 162 cm³/mol. The predicted octanol–water partition coefficient (Wildman–Crippen LogP) is 10.2. The molecule has 4 nitrogen and oxygen atoms in total. The van der Waals surface area contributed by atoms with E-state index >= 15 is 0 Å². The largest absolute Gasteiger partial charge is 0.466 e. The minimum atomic E-state index is -0.0949. The van der Waals surface area contributed by atoms with Crippen LogP contribution in [-0.2, 0) is 19.1 Å². The molecule has 226 valence electrons. The average molecular weight is 539 g/mol. The first-order chi connectivity index (χ1) is 18.0. The van der Waals surface area contributed by atoms with Crippen LogP contribution < -0.4 is 0 Å². The third-order valence-electron chi connectivity index (χ3n) is 7.84. The maximum absolute atomic E-state index is 12.1. The molecule has 0 aliphatic carbocycles. The fourth-order valence-corrected chi connectivity index (χ4v) is 5.13. The Kier molecular flexibility index (Phi) is 23.1. The summed E-state index contributed by atoms with van der Waals surface area (Å²) in [6.45, 7) is 19.0. The van der Waals surface area contributed by atoms with Crippen LogP contribution in [0.25, 0.3) is 0 Å². The first-order valence-corrected chi connectivity index (χ1v) is 16.3. The van der Waals surface area contributed by atoms with Gasteiger partial charge in [0.25, 0.3) is 0 Å². The minimum absolute atomic E-state index is 0.0949. The minimum Gasteiger partial charge on any atom is -0.466 e. The van der Waals surface area contributed by atoms with E-state index in [0.29, 0.717) is 37.9 Å². The van der Waals surface area contributed by atoms with Crippen molar-refractivity contribution in [2.45, 2.75) is 158 Å². The maximum Gasteiger partial charge on any atom is 0.306 e. The van der Waals surface area contributed by atoms with Crippen LogP contribution in [0.3, 0.4) is 0 Å². The van der Waals surface area contributed by atoms with Crippen LogP contribution in [0.4, 0.5) is 0 Å². The van der Waals surface area contributed by atoms with Crippen LogP contribution in [0, 0.1) is 35.5 Å². The van der Waals surface area contributed by atoms with Crippen molar-refractivity contribution in [1.82, 2.24) is 0 Å². The van der Waals surface area contributed by atoms with Crippen molar-refractivity contribution in [2.24, 2.45) is 35.5 Å². The van der Waals surface area contributed by atoms with E-state index in [0.717, 1.165) is 49.4 Å². The van der Waals surface area contributed by atoms with E-state index in [2.05, 4.69) is 55.4 Å². The SMILES string of the molecule is CC(C)CCCC(C)CCCC(C)CC(=O)OCCCCOC(=O)CC(C)CCCC(C)CCCC(C)C. The molecule has 0 saturated heterocycles. The van der Waals surface area contributed by atoms with Crippen molar-refractivity contribution < 1.29 is 19.1 Å². The molecule has 0 aromatic rings. The fraction of sp³-hybridized carbons (Fsp3) is 0.941. The molecule has 0 aliphatic rings. The molecule has 4 atom stereocenters. The summed E-state index contributed by atoms with van der Waals surface area (Å²) in [6.07, 6.45) is 17.5. The van der Waals surface area contributed by atoms with Gasteiger partial charge in [0.05, 0.1) is 13.2 Å². The molecule has 0 aromatic heterocycles. The Morgan fingerprint density at radius 3 is 1.03 bits per heavy atom. The Hall–Kier alpha value is -1.06. The molecular formula is C34H66O4. The summed E-state index contributed by atoms with van der Waals surface area (Å²) in [5.41, 5.74) is 0. The van der Waals surface area contributed by atoms with Crippen molar-refractivity contribution in [2.75, 3.05) is 13.2 Å². The third kappa shape index (κ3) is 25.2. The van der Waals surface area contributed by atoms with Crippen LogP contribution in [0.1, 0.15) is 158 Å². The molecule has 0 aliphatic heterocycles. The van der Waals surface area contributed by atoms with Crippen LogP contribution in [-0.4, -0.2) is 25.2 Å². The number of carbonyl (C=O) groups excluding carboxylic acids is 2. The van der Waals surface area contributed by atoms with E-state index in [1.54, 1.807) is 0 Å². The van der Waals surface area contributed by atoms with Gasteiger partial charge in [-0.3, -0.25) is 9.59 Å². The molecule has 0 aromatic carbocycles. The van der Waals surface area contributed by atoms with Crippen molar-refractivity contribution in [1.29, 1.82) is 0 Å². The first kappa shape index (κ1) is 36.9. The highest BCUT2D eigenvalue weighted by Crippen LogP contribution is 2.22. The van der Waals surface area contributed by atoms with Crippen LogP contribution in [0.5, 0.6) is 0 Å². The summed E-state index contributed by atoms with van der Waals surface area (Å²) in [5.74, 6) is 3.73. The summed E-state index contributed by atoms with van der Waals surface area (Å²) in [5, 5.41) is 0.